The summed E-state index contributed by atoms with van der Waals surface area (Å²) in [6.07, 6.45) is 2.95. The Hall–Kier alpha value is -2.50. The van der Waals surface area contributed by atoms with Crippen LogP contribution in [0.2, 0.25) is 0 Å². The van der Waals surface area contributed by atoms with Gasteiger partial charge in [0.05, 0.1) is 37.5 Å². The van der Waals surface area contributed by atoms with E-state index in [0.29, 0.717) is 18.2 Å². The number of carbonyl (C=O) groups excluding carboxylic acids is 1. The SMILES string of the molecule is CCOc1ccc(-c2cncc(C(=O)OC)n2)c(C)n1. The van der Waals surface area contributed by atoms with Crippen LogP contribution in [0.3, 0.4) is 0 Å². The average molecular weight is 273 g/mol. The number of aromatic nitrogens is 3. The summed E-state index contributed by atoms with van der Waals surface area (Å²) < 4.78 is 9.97. The molecule has 0 spiro atoms. The third-order valence-electron chi connectivity index (χ3n) is 2.66. The van der Waals surface area contributed by atoms with Crippen molar-refractivity contribution in [1.82, 2.24) is 15.0 Å². The molecule has 0 amide bonds. The molecule has 0 saturated heterocycles. The molecule has 2 aromatic heterocycles. The molecule has 2 heterocycles. The van der Waals surface area contributed by atoms with Gasteiger partial charge in [-0.1, -0.05) is 0 Å². The second kappa shape index (κ2) is 6.10. The Kier molecular flexibility index (Phi) is 4.24. The van der Waals surface area contributed by atoms with E-state index in [-0.39, 0.29) is 5.69 Å². The van der Waals surface area contributed by atoms with Gasteiger partial charge in [-0.3, -0.25) is 4.98 Å². The molecular weight excluding hydrogens is 258 g/mol. The number of carbonyl (C=O) groups is 1. The molecule has 104 valence electrons. The van der Waals surface area contributed by atoms with Gasteiger partial charge in [0, 0.05) is 11.6 Å². The van der Waals surface area contributed by atoms with E-state index in [9.17, 15) is 4.79 Å². The molecule has 6 heteroatoms. The van der Waals surface area contributed by atoms with Gasteiger partial charge in [0.1, 0.15) is 0 Å². The van der Waals surface area contributed by atoms with E-state index in [1.807, 2.05) is 19.9 Å². The van der Waals surface area contributed by atoms with Crippen LogP contribution >= 0.6 is 0 Å². The lowest BCUT2D eigenvalue weighted by molar-refractivity contribution is 0.0593. The predicted molar refractivity (Wildman–Crippen MR) is 72.5 cm³/mol. The molecule has 0 aliphatic heterocycles. The van der Waals surface area contributed by atoms with Gasteiger partial charge >= 0.3 is 5.97 Å². The van der Waals surface area contributed by atoms with E-state index in [0.717, 1.165) is 11.3 Å². The third-order valence-corrected chi connectivity index (χ3v) is 2.66. The van der Waals surface area contributed by atoms with Crippen LogP contribution in [0.1, 0.15) is 23.1 Å². The second-order valence-corrected chi connectivity index (χ2v) is 4.00. The molecule has 0 aromatic carbocycles. The molecule has 0 radical (unpaired) electrons. The monoisotopic (exact) mass is 273 g/mol. The first-order chi connectivity index (χ1) is 9.65. The zero-order chi connectivity index (χ0) is 14.5. The number of esters is 1. The zero-order valence-electron chi connectivity index (χ0n) is 11.6. The number of hydrogen-bond acceptors (Lipinski definition) is 6. The second-order valence-electron chi connectivity index (χ2n) is 4.00. The van der Waals surface area contributed by atoms with Crippen LogP contribution in [-0.4, -0.2) is 34.6 Å². The number of ether oxygens (including phenoxy) is 2. The van der Waals surface area contributed by atoms with E-state index in [1.165, 1.54) is 13.3 Å². The highest BCUT2D eigenvalue weighted by Gasteiger charge is 2.12. The van der Waals surface area contributed by atoms with Crippen molar-refractivity contribution in [2.75, 3.05) is 13.7 Å². The Labute approximate surface area is 116 Å². The molecule has 20 heavy (non-hydrogen) atoms. The van der Waals surface area contributed by atoms with Crippen molar-refractivity contribution >= 4 is 5.97 Å². The Morgan fingerprint density at radius 2 is 2.05 bits per heavy atom. The topological polar surface area (TPSA) is 74.2 Å². The normalized spacial score (nSPS) is 10.2. The maximum atomic E-state index is 11.5. The molecule has 0 unspecified atom stereocenters. The van der Waals surface area contributed by atoms with Crippen LogP contribution in [-0.2, 0) is 4.74 Å². The maximum absolute atomic E-state index is 11.5. The Morgan fingerprint density at radius 1 is 1.25 bits per heavy atom. The van der Waals surface area contributed by atoms with Crippen molar-refractivity contribution in [3.05, 3.63) is 35.9 Å². The minimum absolute atomic E-state index is 0.165. The summed E-state index contributed by atoms with van der Waals surface area (Å²) in [5.74, 6) is 0.0433. The van der Waals surface area contributed by atoms with Crippen molar-refractivity contribution in [1.29, 1.82) is 0 Å². The van der Waals surface area contributed by atoms with Gasteiger partial charge in [-0.05, 0) is 19.9 Å². The summed E-state index contributed by atoms with van der Waals surface area (Å²) in [5.41, 5.74) is 2.29. The van der Waals surface area contributed by atoms with Crippen molar-refractivity contribution in [3.63, 3.8) is 0 Å². The van der Waals surface area contributed by atoms with E-state index in [1.54, 1.807) is 12.3 Å². The van der Waals surface area contributed by atoms with Gasteiger partial charge < -0.3 is 9.47 Å². The number of nitrogens with zero attached hydrogens (tertiary/aromatic N) is 3. The highest BCUT2D eigenvalue weighted by molar-refractivity contribution is 5.87. The van der Waals surface area contributed by atoms with Gasteiger partial charge in [0.2, 0.25) is 5.88 Å². The number of methoxy groups -OCH3 is 1. The van der Waals surface area contributed by atoms with Gasteiger partial charge in [-0.15, -0.1) is 0 Å². The lowest BCUT2D eigenvalue weighted by Crippen LogP contribution is -2.06. The summed E-state index contributed by atoms with van der Waals surface area (Å²) in [5, 5.41) is 0. The van der Waals surface area contributed by atoms with Crippen LogP contribution in [0.25, 0.3) is 11.3 Å². The minimum Gasteiger partial charge on any atom is -0.478 e. The highest BCUT2D eigenvalue weighted by Crippen LogP contribution is 2.22. The van der Waals surface area contributed by atoms with Gasteiger partial charge in [-0.25, -0.2) is 14.8 Å². The minimum atomic E-state index is -0.518. The molecule has 0 fully saturated rings. The van der Waals surface area contributed by atoms with Gasteiger partial charge in [0.15, 0.2) is 5.69 Å². The summed E-state index contributed by atoms with van der Waals surface area (Å²) in [6.45, 7) is 4.31. The summed E-state index contributed by atoms with van der Waals surface area (Å²) >= 11 is 0. The van der Waals surface area contributed by atoms with E-state index in [4.69, 9.17) is 4.74 Å². The maximum Gasteiger partial charge on any atom is 0.358 e. The highest BCUT2D eigenvalue weighted by atomic mass is 16.5. The molecule has 0 bridgehead atoms. The van der Waals surface area contributed by atoms with Gasteiger partial charge in [-0.2, -0.15) is 0 Å². The van der Waals surface area contributed by atoms with E-state index in [2.05, 4.69) is 19.7 Å². The largest absolute Gasteiger partial charge is 0.478 e. The van der Waals surface area contributed by atoms with Crippen molar-refractivity contribution in [2.24, 2.45) is 0 Å². The standard InChI is InChI=1S/C14H15N3O3/c1-4-20-13-6-5-10(9(2)16-13)11-7-15-8-12(17-11)14(18)19-3/h5-8H,4H2,1-3H3. The smallest absolute Gasteiger partial charge is 0.358 e. The van der Waals surface area contributed by atoms with Crippen molar-refractivity contribution < 1.29 is 14.3 Å². The van der Waals surface area contributed by atoms with E-state index >= 15 is 0 Å². The van der Waals surface area contributed by atoms with Crippen molar-refractivity contribution in [3.8, 4) is 17.1 Å². The number of rotatable bonds is 4. The van der Waals surface area contributed by atoms with Crippen molar-refractivity contribution in [2.45, 2.75) is 13.8 Å². The fourth-order valence-corrected chi connectivity index (χ4v) is 1.74. The molecule has 0 saturated carbocycles. The third kappa shape index (κ3) is 2.90. The Bertz CT molecular complexity index is 629. The lowest BCUT2D eigenvalue weighted by atomic mass is 10.1. The molecule has 2 aromatic rings. The Morgan fingerprint density at radius 3 is 2.70 bits per heavy atom. The molecule has 0 atom stereocenters. The molecule has 6 nitrogen and oxygen atoms in total. The summed E-state index contributed by atoms with van der Waals surface area (Å²) in [7, 11) is 1.31. The fraction of sp³-hybridized carbons (Fsp3) is 0.286. The molecule has 0 N–H and O–H groups in total. The van der Waals surface area contributed by atoms with E-state index < -0.39 is 5.97 Å². The first-order valence-electron chi connectivity index (χ1n) is 6.17. The first kappa shape index (κ1) is 13.9. The van der Waals surface area contributed by atoms with Crippen LogP contribution in [0.5, 0.6) is 5.88 Å². The predicted octanol–water partition coefficient (Wildman–Crippen LogP) is 2.03. The van der Waals surface area contributed by atoms with Crippen LogP contribution in [0.4, 0.5) is 0 Å². The van der Waals surface area contributed by atoms with Gasteiger partial charge in [0.25, 0.3) is 0 Å². The Balaban J connectivity index is 2.38. The summed E-state index contributed by atoms with van der Waals surface area (Å²) in [6, 6.07) is 3.61. The molecule has 0 aliphatic carbocycles. The zero-order valence-corrected chi connectivity index (χ0v) is 11.6. The van der Waals surface area contributed by atoms with Crippen LogP contribution < -0.4 is 4.74 Å². The number of aryl methyl sites for hydroxylation is 1. The number of pyridine rings is 1. The van der Waals surface area contributed by atoms with Crippen LogP contribution in [0, 0.1) is 6.92 Å². The summed E-state index contributed by atoms with van der Waals surface area (Å²) in [4.78, 5) is 24.0. The molecule has 0 aliphatic rings. The fourth-order valence-electron chi connectivity index (χ4n) is 1.74. The molecule has 2 rings (SSSR count). The quantitative estimate of drug-likeness (QED) is 0.793. The first-order valence-corrected chi connectivity index (χ1v) is 6.17. The average Bonchev–Trinajstić information content (AvgIpc) is 2.47. The molecular formula is C14H15N3O3. The number of hydrogen-bond donors (Lipinski definition) is 0. The van der Waals surface area contributed by atoms with Crippen LogP contribution in [0.15, 0.2) is 24.5 Å². The lowest BCUT2D eigenvalue weighted by Gasteiger charge is -2.08.